The standard InChI is InChI=1S/C27H48O4S/c1-4-6-8-10-12-14-16-18-25-20-21-27(31-24(3)23-32(28,29)30)26(22-25)19-17-15-13-11-9-7-5-2/h20-22,24H,4-19,23H2,1-3H3,(H,28,29,30). The van der Waals surface area contributed by atoms with Crippen LogP contribution in [0.5, 0.6) is 5.75 Å². The molecule has 32 heavy (non-hydrogen) atoms. The lowest BCUT2D eigenvalue weighted by Gasteiger charge is -2.18. The number of rotatable bonds is 20. The molecular weight excluding hydrogens is 420 g/mol. The maximum atomic E-state index is 11.2. The van der Waals surface area contributed by atoms with Gasteiger partial charge < -0.3 is 4.74 Å². The Kier molecular flexibility index (Phi) is 15.8. The highest BCUT2D eigenvalue weighted by Gasteiger charge is 2.16. The van der Waals surface area contributed by atoms with Crippen LogP contribution >= 0.6 is 0 Å². The molecule has 4 nitrogen and oxygen atoms in total. The highest BCUT2D eigenvalue weighted by molar-refractivity contribution is 7.85. The Morgan fingerprint density at radius 3 is 1.81 bits per heavy atom. The first-order valence-corrected chi connectivity index (χ1v) is 14.7. The van der Waals surface area contributed by atoms with E-state index in [0.29, 0.717) is 0 Å². The van der Waals surface area contributed by atoms with Gasteiger partial charge in [0.1, 0.15) is 17.6 Å². The van der Waals surface area contributed by atoms with Crippen molar-refractivity contribution in [2.45, 2.75) is 130 Å². The fraction of sp³-hybridized carbons (Fsp3) is 0.778. The van der Waals surface area contributed by atoms with Gasteiger partial charge in [0.05, 0.1) is 0 Å². The third-order valence-corrected chi connectivity index (χ3v) is 6.91. The average Bonchev–Trinajstić information content (AvgIpc) is 2.72. The molecule has 0 saturated heterocycles. The first kappa shape index (κ1) is 29.0. The van der Waals surface area contributed by atoms with Gasteiger partial charge in [0.15, 0.2) is 0 Å². The summed E-state index contributed by atoms with van der Waals surface area (Å²) in [5.41, 5.74) is 2.51. The van der Waals surface area contributed by atoms with Crippen LogP contribution in [0.2, 0.25) is 0 Å². The molecular formula is C27H48O4S. The second-order valence-corrected chi connectivity index (χ2v) is 10.9. The molecule has 0 aromatic heterocycles. The summed E-state index contributed by atoms with van der Waals surface area (Å²) in [7, 11) is -4.05. The van der Waals surface area contributed by atoms with Crippen LogP contribution in [0.1, 0.15) is 122 Å². The molecule has 186 valence electrons. The predicted molar refractivity (Wildman–Crippen MR) is 136 cm³/mol. The van der Waals surface area contributed by atoms with Crippen molar-refractivity contribution in [1.82, 2.24) is 0 Å². The van der Waals surface area contributed by atoms with Gasteiger partial charge in [-0.3, -0.25) is 4.55 Å². The zero-order chi connectivity index (χ0) is 23.7. The number of hydrogen-bond acceptors (Lipinski definition) is 3. The highest BCUT2D eigenvalue weighted by atomic mass is 32.2. The van der Waals surface area contributed by atoms with Crippen LogP contribution in [-0.2, 0) is 23.0 Å². The number of aryl methyl sites for hydroxylation is 2. The molecule has 1 unspecified atom stereocenters. The molecule has 0 heterocycles. The zero-order valence-electron chi connectivity index (χ0n) is 20.9. The summed E-state index contributed by atoms with van der Waals surface area (Å²) < 4.78 is 37.4. The summed E-state index contributed by atoms with van der Waals surface area (Å²) >= 11 is 0. The third-order valence-electron chi connectivity index (χ3n) is 6.02. The van der Waals surface area contributed by atoms with Crippen molar-refractivity contribution in [1.29, 1.82) is 0 Å². The molecule has 0 radical (unpaired) electrons. The van der Waals surface area contributed by atoms with E-state index in [1.165, 1.54) is 94.6 Å². The molecule has 0 amide bonds. The second kappa shape index (κ2) is 17.4. The van der Waals surface area contributed by atoms with E-state index in [-0.39, 0.29) is 5.75 Å². The molecule has 0 aliphatic rings. The monoisotopic (exact) mass is 468 g/mol. The van der Waals surface area contributed by atoms with Crippen molar-refractivity contribution >= 4 is 10.1 Å². The Balaban J connectivity index is 2.61. The van der Waals surface area contributed by atoms with E-state index < -0.39 is 16.2 Å². The van der Waals surface area contributed by atoms with Crippen molar-refractivity contribution in [2.24, 2.45) is 0 Å². The Bertz CT molecular complexity index is 700. The Hall–Kier alpha value is -1.07. The molecule has 1 N–H and O–H groups in total. The predicted octanol–water partition coefficient (Wildman–Crippen LogP) is 7.93. The van der Waals surface area contributed by atoms with Crippen LogP contribution in [0.15, 0.2) is 18.2 Å². The molecule has 1 aromatic rings. The van der Waals surface area contributed by atoms with E-state index in [9.17, 15) is 8.42 Å². The Labute approximate surface area is 198 Å². The summed E-state index contributed by atoms with van der Waals surface area (Å²) in [6.45, 7) is 6.18. The normalized spacial score (nSPS) is 12.8. The molecule has 1 aromatic carbocycles. The molecule has 0 spiro atoms. The minimum absolute atomic E-state index is 0.385. The topological polar surface area (TPSA) is 63.6 Å². The van der Waals surface area contributed by atoms with Crippen LogP contribution in [0.25, 0.3) is 0 Å². The molecule has 0 saturated carbocycles. The number of ether oxygens (including phenoxy) is 1. The number of hydrogen-bond donors (Lipinski definition) is 1. The van der Waals surface area contributed by atoms with Gasteiger partial charge in [0.25, 0.3) is 10.1 Å². The highest BCUT2D eigenvalue weighted by Crippen LogP contribution is 2.25. The van der Waals surface area contributed by atoms with Crippen molar-refractivity contribution < 1.29 is 17.7 Å². The Morgan fingerprint density at radius 2 is 1.28 bits per heavy atom. The van der Waals surface area contributed by atoms with Crippen LogP contribution in [0.4, 0.5) is 0 Å². The lowest BCUT2D eigenvalue weighted by atomic mass is 9.99. The third kappa shape index (κ3) is 14.9. The first-order valence-electron chi connectivity index (χ1n) is 13.1. The molecule has 0 aliphatic heterocycles. The van der Waals surface area contributed by atoms with E-state index in [4.69, 9.17) is 9.29 Å². The lowest BCUT2D eigenvalue weighted by Crippen LogP contribution is -2.23. The molecule has 0 fully saturated rings. The van der Waals surface area contributed by atoms with E-state index in [2.05, 4.69) is 26.0 Å². The smallest absolute Gasteiger partial charge is 0.268 e. The van der Waals surface area contributed by atoms with E-state index in [1.54, 1.807) is 6.92 Å². The summed E-state index contributed by atoms with van der Waals surface area (Å²) in [6.07, 6.45) is 19.4. The van der Waals surface area contributed by atoms with Crippen LogP contribution in [0, 0.1) is 0 Å². The summed E-state index contributed by atoms with van der Waals surface area (Å²) in [6, 6.07) is 6.36. The number of benzene rings is 1. The number of unbranched alkanes of at least 4 members (excludes halogenated alkanes) is 12. The fourth-order valence-corrected chi connectivity index (χ4v) is 4.87. The van der Waals surface area contributed by atoms with E-state index >= 15 is 0 Å². The van der Waals surface area contributed by atoms with E-state index in [0.717, 1.165) is 25.0 Å². The van der Waals surface area contributed by atoms with Gasteiger partial charge in [0, 0.05) is 0 Å². The minimum Gasteiger partial charge on any atom is -0.489 e. The molecule has 5 heteroatoms. The molecule has 0 aliphatic carbocycles. The van der Waals surface area contributed by atoms with Crippen LogP contribution in [0.3, 0.4) is 0 Å². The van der Waals surface area contributed by atoms with Crippen molar-refractivity contribution in [2.75, 3.05) is 5.75 Å². The van der Waals surface area contributed by atoms with Gasteiger partial charge in [-0.2, -0.15) is 8.42 Å². The van der Waals surface area contributed by atoms with Gasteiger partial charge in [-0.25, -0.2) is 0 Å². The maximum Gasteiger partial charge on any atom is 0.268 e. The summed E-state index contributed by atoms with van der Waals surface area (Å²) in [4.78, 5) is 0. The largest absolute Gasteiger partial charge is 0.489 e. The molecule has 0 bridgehead atoms. The van der Waals surface area contributed by atoms with Gasteiger partial charge >= 0.3 is 0 Å². The second-order valence-electron chi connectivity index (χ2n) is 9.36. The maximum absolute atomic E-state index is 11.2. The lowest BCUT2D eigenvalue weighted by molar-refractivity contribution is 0.238. The average molecular weight is 469 g/mol. The van der Waals surface area contributed by atoms with Crippen LogP contribution in [-0.4, -0.2) is 24.8 Å². The van der Waals surface area contributed by atoms with Gasteiger partial charge in [-0.1, -0.05) is 103 Å². The molecule has 1 rings (SSSR count). The van der Waals surface area contributed by atoms with Gasteiger partial charge in [-0.05, 0) is 49.8 Å². The first-order chi connectivity index (χ1) is 15.4. The SMILES string of the molecule is CCCCCCCCCc1ccc(OC(C)CS(=O)(=O)O)c(CCCCCCCCC)c1. The van der Waals surface area contributed by atoms with Crippen LogP contribution < -0.4 is 4.74 Å². The quantitative estimate of drug-likeness (QED) is 0.156. The van der Waals surface area contributed by atoms with Crippen molar-refractivity contribution in [3.8, 4) is 5.75 Å². The van der Waals surface area contributed by atoms with Crippen molar-refractivity contribution in [3.05, 3.63) is 29.3 Å². The zero-order valence-corrected chi connectivity index (χ0v) is 21.7. The Morgan fingerprint density at radius 1 is 0.781 bits per heavy atom. The fourth-order valence-electron chi connectivity index (χ4n) is 4.20. The summed E-state index contributed by atoms with van der Waals surface area (Å²) in [5, 5.41) is 0. The van der Waals surface area contributed by atoms with E-state index in [1.807, 2.05) is 6.07 Å². The van der Waals surface area contributed by atoms with Gasteiger partial charge in [-0.15, -0.1) is 0 Å². The minimum atomic E-state index is -4.05. The van der Waals surface area contributed by atoms with Gasteiger partial charge in [0.2, 0.25) is 0 Å². The molecule has 1 atom stereocenters. The van der Waals surface area contributed by atoms with Crippen molar-refractivity contribution in [3.63, 3.8) is 0 Å². The summed E-state index contributed by atoms with van der Waals surface area (Å²) in [5.74, 6) is 0.374.